The van der Waals surface area contributed by atoms with Crippen molar-refractivity contribution in [3.8, 4) is 0 Å². The van der Waals surface area contributed by atoms with Crippen molar-refractivity contribution in [1.29, 1.82) is 0 Å². The van der Waals surface area contributed by atoms with Crippen molar-refractivity contribution in [1.82, 2.24) is 4.72 Å². The molecule has 8 heteroatoms. The summed E-state index contributed by atoms with van der Waals surface area (Å²) in [4.78, 5) is 11.9. The Hall–Kier alpha value is -1.25. The highest BCUT2D eigenvalue weighted by atomic mass is 32.2. The van der Waals surface area contributed by atoms with Gasteiger partial charge in [-0.3, -0.25) is 4.79 Å². The first kappa shape index (κ1) is 15.8. The van der Waals surface area contributed by atoms with E-state index in [9.17, 15) is 13.2 Å². The second-order valence-electron chi connectivity index (χ2n) is 3.50. The number of nitrogen functional groups attached to an aromatic ring is 1. The van der Waals surface area contributed by atoms with Gasteiger partial charge in [-0.1, -0.05) is 0 Å². The smallest absolute Gasteiger partial charge is 0.316 e. The fourth-order valence-electron chi connectivity index (χ4n) is 1.32. The summed E-state index contributed by atoms with van der Waals surface area (Å²) in [7, 11) is -2.24. The van der Waals surface area contributed by atoms with Crippen molar-refractivity contribution >= 4 is 33.4 Å². The molecule has 3 N–H and O–H groups in total. The van der Waals surface area contributed by atoms with Crippen LogP contribution in [-0.2, 0) is 19.6 Å². The normalized spacial score (nSPS) is 11.3. The molecule has 0 radical (unpaired) electrons. The Morgan fingerprint density at radius 3 is 2.68 bits per heavy atom. The van der Waals surface area contributed by atoms with Crippen LogP contribution in [0.5, 0.6) is 0 Å². The van der Waals surface area contributed by atoms with Gasteiger partial charge >= 0.3 is 5.97 Å². The molecule has 0 atom stereocenters. The number of sulfonamides is 1. The molecule has 1 aromatic carbocycles. The number of hydrogen-bond acceptors (Lipinski definition) is 6. The molecule has 0 amide bonds. The number of benzene rings is 1. The Labute approximate surface area is 116 Å². The number of anilines is 1. The Morgan fingerprint density at radius 1 is 1.47 bits per heavy atom. The van der Waals surface area contributed by atoms with Crippen LogP contribution in [0.2, 0.25) is 0 Å². The lowest BCUT2D eigenvalue weighted by molar-refractivity contribution is -0.139. The number of carbonyl (C=O) groups excluding carboxylic acids is 1. The van der Waals surface area contributed by atoms with Crippen LogP contribution < -0.4 is 10.5 Å². The zero-order chi connectivity index (χ0) is 14.5. The molecule has 0 fully saturated rings. The van der Waals surface area contributed by atoms with Crippen LogP contribution in [0.15, 0.2) is 28.0 Å². The Bertz CT molecular complexity index is 558. The van der Waals surface area contributed by atoms with E-state index in [1.165, 1.54) is 30.9 Å². The van der Waals surface area contributed by atoms with Gasteiger partial charge in [-0.2, -0.15) is 0 Å². The minimum absolute atomic E-state index is 0.0236. The van der Waals surface area contributed by atoms with E-state index >= 15 is 0 Å². The number of thioether (sulfide) groups is 1. The van der Waals surface area contributed by atoms with Crippen molar-refractivity contribution in [2.75, 3.05) is 25.1 Å². The predicted molar refractivity (Wildman–Crippen MR) is 74.5 cm³/mol. The van der Waals surface area contributed by atoms with Gasteiger partial charge in [0.05, 0.1) is 18.0 Å². The van der Waals surface area contributed by atoms with Gasteiger partial charge in [0.2, 0.25) is 10.0 Å². The maximum Gasteiger partial charge on any atom is 0.316 e. The van der Waals surface area contributed by atoms with Gasteiger partial charge in [0.25, 0.3) is 0 Å². The largest absolute Gasteiger partial charge is 0.465 e. The van der Waals surface area contributed by atoms with E-state index in [0.29, 0.717) is 11.5 Å². The average Bonchev–Trinajstić information content (AvgIpc) is 2.36. The SMILES string of the molecule is CCOC(=O)CSc1ccc(S(=O)(=O)NC)c(N)c1. The highest BCUT2D eigenvalue weighted by Crippen LogP contribution is 2.25. The Balaban J connectivity index is 2.81. The van der Waals surface area contributed by atoms with Gasteiger partial charge in [0, 0.05) is 4.90 Å². The fraction of sp³-hybridized carbons (Fsp3) is 0.364. The molecular weight excluding hydrogens is 288 g/mol. The summed E-state index contributed by atoms with van der Waals surface area (Å²) in [6.45, 7) is 2.07. The minimum atomic E-state index is -3.56. The molecule has 0 aliphatic heterocycles. The van der Waals surface area contributed by atoms with Crippen molar-refractivity contribution in [3.05, 3.63) is 18.2 Å². The van der Waals surface area contributed by atoms with Crippen LogP contribution in [0.25, 0.3) is 0 Å². The molecule has 0 spiro atoms. The van der Waals surface area contributed by atoms with Crippen molar-refractivity contribution in [2.45, 2.75) is 16.7 Å². The number of hydrogen-bond donors (Lipinski definition) is 2. The predicted octanol–water partition coefficient (Wildman–Crippen LogP) is 0.832. The summed E-state index contributed by atoms with van der Waals surface area (Å²) in [5.74, 6) is -0.163. The summed E-state index contributed by atoms with van der Waals surface area (Å²) >= 11 is 1.24. The lowest BCUT2D eigenvalue weighted by Crippen LogP contribution is -2.19. The van der Waals surface area contributed by atoms with E-state index in [1.54, 1.807) is 13.0 Å². The number of rotatable bonds is 6. The van der Waals surface area contributed by atoms with E-state index in [1.807, 2.05) is 0 Å². The Morgan fingerprint density at radius 2 is 2.16 bits per heavy atom. The standard InChI is InChI=1S/C11H16N2O4S2/c1-3-17-11(14)7-18-8-4-5-10(9(12)6-8)19(15,16)13-2/h4-6,13H,3,7,12H2,1-2H3. The monoisotopic (exact) mass is 304 g/mol. The summed E-state index contributed by atoms with van der Waals surface area (Å²) in [6.07, 6.45) is 0. The zero-order valence-corrected chi connectivity index (χ0v) is 12.3. The third-order valence-electron chi connectivity index (χ3n) is 2.20. The molecule has 1 aromatic rings. The van der Waals surface area contributed by atoms with E-state index in [2.05, 4.69) is 4.72 Å². The first-order valence-corrected chi connectivity index (χ1v) is 7.99. The van der Waals surface area contributed by atoms with Crippen LogP contribution in [-0.4, -0.2) is 33.8 Å². The number of carbonyl (C=O) groups is 1. The summed E-state index contributed by atoms with van der Waals surface area (Å²) < 4.78 is 30.2. The van der Waals surface area contributed by atoms with Crippen LogP contribution in [0.1, 0.15) is 6.92 Å². The highest BCUT2D eigenvalue weighted by Gasteiger charge is 2.15. The van der Waals surface area contributed by atoms with Gasteiger partial charge in [-0.15, -0.1) is 11.8 Å². The van der Waals surface area contributed by atoms with Gasteiger partial charge in [-0.25, -0.2) is 13.1 Å². The zero-order valence-electron chi connectivity index (χ0n) is 10.7. The molecule has 0 aromatic heterocycles. The maximum absolute atomic E-state index is 11.6. The van der Waals surface area contributed by atoms with Gasteiger partial charge in [0.1, 0.15) is 4.90 Å². The van der Waals surface area contributed by atoms with Gasteiger partial charge in [0.15, 0.2) is 0 Å². The molecule has 0 saturated heterocycles. The maximum atomic E-state index is 11.6. The van der Waals surface area contributed by atoms with Gasteiger partial charge < -0.3 is 10.5 Å². The molecule has 0 aliphatic rings. The van der Waals surface area contributed by atoms with E-state index in [4.69, 9.17) is 10.5 Å². The first-order chi connectivity index (χ1) is 8.90. The fourth-order valence-corrected chi connectivity index (χ4v) is 2.89. The molecule has 0 heterocycles. The molecule has 6 nitrogen and oxygen atoms in total. The van der Waals surface area contributed by atoms with Gasteiger partial charge in [-0.05, 0) is 32.2 Å². The summed E-state index contributed by atoms with van der Waals surface area (Å²) in [5, 5.41) is 0. The molecule has 106 valence electrons. The summed E-state index contributed by atoms with van der Waals surface area (Å²) in [6, 6.07) is 4.53. The van der Waals surface area contributed by atoms with Crippen LogP contribution >= 0.6 is 11.8 Å². The third-order valence-corrected chi connectivity index (χ3v) is 4.66. The molecule has 0 saturated carbocycles. The van der Waals surface area contributed by atoms with Crippen LogP contribution in [0, 0.1) is 0 Å². The Kier molecular flexibility index (Phi) is 5.64. The number of nitrogens with two attached hydrogens (primary N) is 1. The van der Waals surface area contributed by atoms with E-state index in [0.717, 1.165) is 0 Å². The lowest BCUT2D eigenvalue weighted by Gasteiger charge is -2.08. The lowest BCUT2D eigenvalue weighted by atomic mass is 10.3. The number of ether oxygens (including phenoxy) is 1. The highest BCUT2D eigenvalue weighted by molar-refractivity contribution is 8.00. The van der Waals surface area contributed by atoms with Crippen molar-refractivity contribution < 1.29 is 17.9 Å². The van der Waals surface area contributed by atoms with E-state index in [-0.39, 0.29) is 22.3 Å². The summed E-state index contributed by atoms with van der Waals surface area (Å²) in [5.41, 5.74) is 5.84. The van der Waals surface area contributed by atoms with Crippen molar-refractivity contribution in [3.63, 3.8) is 0 Å². The topological polar surface area (TPSA) is 98.5 Å². The molecular formula is C11H16N2O4S2. The molecule has 19 heavy (non-hydrogen) atoms. The molecule has 0 unspecified atom stereocenters. The molecule has 0 aliphatic carbocycles. The number of esters is 1. The minimum Gasteiger partial charge on any atom is -0.465 e. The number of nitrogens with one attached hydrogen (secondary N) is 1. The van der Waals surface area contributed by atoms with E-state index < -0.39 is 10.0 Å². The second-order valence-corrected chi connectivity index (χ2v) is 6.40. The van der Waals surface area contributed by atoms with Crippen molar-refractivity contribution in [2.24, 2.45) is 0 Å². The quantitative estimate of drug-likeness (QED) is 0.459. The van der Waals surface area contributed by atoms with Crippen LogP contribution in [0.3, 0.4) is 0 Å². The first-order valence-electron chi connectivity index (χ1n) is 5.52. The van der Waals surface area contributed by atoms with Crippen LogP contribution in [0.4, 0.5) is 5.69 Å². The third kappa shape index (κ3) is 4.41. The average molecular weight is 304 g/mol. The molecule has 0 bridgehead atoms. The second kappa shape index (κ2) is 6.78. The molecule has 1 rings (SSSR count).